The minimum atomic E-state index is -0.539. The van der Waals surface area contributed by atoms with E-state index in [-0.39, 0.29) is 29.1 Å². The Hall–Kier alpha value is -4.78. The fourth-order valence-electron chi connectivity index (χ4n) is 5.68. The Morgan fingerprint density at radius 2 is 1.26 bits per heavy atom. The van der Waals surface area contributed by atoms with E-state index in [4.69, 9.17) is 18.9 Å². The lowest BCUT2D eigenvalue weighted by Gasteiger charge is -2.46. The lowest BCUT2D eigenvalue weighted by atomic mass is 9.71. The molecule has 2 heterocycles. The highest BCUT2D eigenvalue weighted by molar-refractivity contribution is 5.62. The maximum atomic E-state index is 10.5. The van der Waals surface area contributed by atoms with Gasteiger partial charge in [0.15, 0.2) is 0 Å². The summed E-state index contributed by atoms with van der Waals surface area (Å²) in [5.74, 6) is 1.59. The summed E-state index contributed by atoms with van der Waals surface area (Å²) in [6, 6.07) is 23.2. The minimum absolute atomic E-state index is 0.0230. The third-order valence-electron chi connectivity index (χ3n) is 7.37. The third-order valence-corrected chi connectivity index (χ3v) is 7.37. The molecule has 0 aromatic heterocycles. The Morgan fingerprint density at radius 3 is 1.90 bits per heavy atom. The molecule has 0 fully saturated rings. The van der Waals surface area contributed by atoms with E-state index in [0.29, 0.717) is 28.6 Å². The summed E-state index contributed by atoms with van der Waals surface area (Å²) in [6.07, 6.45) is 3.09. The van der Waals surface area contributed by atoms with Crippen LogP contribution in [0.2, 0.25) is 0 Å². The molecular weight excluding hydrogens is 496 g/mol. The molecule has 0 radical (unpaired) electrons. The van der Waals surface area contributed by atoms with Gasteiger partial charge in [-0.15, -0.1) is 0 Å². The number of phenols is 3. The van der Waals surface area contributed by atoms with Gasteiger partial charge in [0, 0.05) is 35.7 Å². The van der Waals surface area contributed by atoms with Gasteiger partial charge in [0.05, 0.1) is 25.7 Å². The molecule has 0 saturated heterocycles. The first-order valence-electron chi connectivity index (χ1n) is 12.6. The van der Waals surface area contributed by atoms with Gasteiger partial charge in [0.25, 0.3) is 0 Å². The average Bonchev–Trinajstić information content (AvgIpc) is 2.95. The number of ether oxygens (including phenoxy) is 4. The normalized spacial score (nSPS) is 21.2. The number of rotatable bonds is 5. The van der Waals surface area contributed by atoms with E-state index in [1.807, 2.05) is 48.5 Å². The molecule has 4 aromatic carbocycles. The monoisotopic (exact) mass is 524 g/mol. The number of hydrogen-bond acceptors (Lipinski definition) is 7. The molecule has 0 spiro atoms. The molecule has 7 nitrogen and oxygen atoms in total. The molecule has 0 aliphatic carbocycles. The topological polar surface area (TPSA) is 97.6 Å². The Bertz CT molecular complexity index is 1530. The lowest BCUT2D eigenvalue weighted by Crippen LogP contribution is -2.39. The molecule has 4 aromatic rings. The van der Waals surface area contributed by atoms with Crippen molar-refractivity contribution in [2.75, 3.05) is 14.2 Å². The SMILES string of the molecule is COc1cc(O)cc2c1C(C=Cc1ccc(O)cc1)C1C(c3ccccc3)Oc3cc(O)cc(OC)c3C1O2. The fraction of sp³-hybridized carbons (Fsp3) is 0.188. The Morgan fingerprint density at radius 1 is 0.667 bits per heavy atom. The summed E-state index contributed by atoms with van der Waals surface area (Å²) in [5.41, 5.74) is 3.33. The van der Waals surface area contributed by atoms with Crippen LogP contribution in [0.15, 0.2) is 84.9 Å². The van der Waals surface area contributed by atoms with Gasteiger partial charge >= 0.3 is 0 Å². The quantitative estimate of drug-likeness (QED) is 0.274. The molecule has 0 amide bonds. The lowest BCUT2D eigenvalue weighted by molar-refractivity contribution is -0.0107. The van der Waals surface area contributed by atoms with E-state index >= 15 is 0 Å². The van der Waals surface area contributed by atoms with Crippen LogP contribution in [0.25, 0.3) is 6.08 Å². The third kappa shape index (κ3) is 4.36. The fourth-order valence-corrected chi connectivity index (χ4v) is 5.68. The van der Waals surface area contributed by atoms with Crippen molar-refractivity contribution in [1.29, 1.82) is 0 Å². The summed E-state index contributed by atoms with van der Waals surface area (Å²) in [4.78, 5) is 0. The molecule has 198 valence electrons. The van der Waals surface area contributed by atoms with Crippen LogP contribution < -0.4 is 18.9 Å². The van der Waals surface area contributed by atoms with Crippen molar-refractivity contribution in [2.45, 2.75) is 18.1 Å². The van der Waals surface area contributed by atoms with Crippen LogP contribution in [0, 0.1) is 5.92 Å². The van der Waals surface area contributed by atoms with E-state index < -0.39 is 12.2 Å². The zero-order valence-electron chi connectivity index (χ0n) is 21.4. The predicted octanol–water partition coefficient (Wildman–Crippen LogP) is 6.50. The molecule has 0 saturated carbocycles. The molecule has 4 atom stereocenters. The summed E-state index contributed by atoms with van der Waals surface area (Å²) in [5, 5.41) is 30.7. The summed E-state index contributed by atoms with van der Waals surface area (Å²) in [6.45, 7) is 0. The number of allylic oxidation sites excluding steroid dienone is 1. The smallest absolute Gasteiger partial charge is 0.139 e. The van der Waals surface area contributed by atoms with Crippen LogP contribution in [0.3, 0.4) is 0 Å². The van der Waals surface area contributed by atoms with E-state index in [1.165, 1.54) is 0 Å². The molecule has 0 bridgehead atoms. The zero-order valence-corrected chi connectivity index (χ0v) is 21.4. The largest absolute Gasteiger partial charge is 0.508 e. The summed E-state index contributed by atoms with van der Waals surface area (Å²) >= 11 is 0. The van der Waals surface area contributed by atoms with Gasteiger partial charge in [-0.3, -0.25) is 0 Å². The van der Waals surface area contributed by atoms with Crippen molar-refractivity contribution in [3.63, 3.8) is 0 Å². The average molecular weight is 525 g/mol. The molecule has 4 unspecified atom stereocenters. The first-order chi connectivity index (χ1) is 19.0. The van der Waals surface area contributed by atoms with Crippen molar-refractivity contribution >= 4 is 6.08 Å². The van der Waals surface area contributed by atoms with Crippen molar-refractivity contribution in [2.24, 2.45) is 5.92 Å². The van der Waals surface area contributed by atoms with Crippen LogP contribution in [0.4, 0.5) is 0 Å². The number of phenolic OH excluding ortho intramolecular Hbond substituents is 3. The molecule has 6 rings (SSSR count). The van der Waals surface area contributed by atoms with Gasteiger partial charge in [-0.05, 0) is 23.3 Å². The van der Waals surface area contributed by atoms with Gasteiger partial charge in [0.1, 0.15) is 52.5 Å². The summed E-state index contributed by atoms with van der Waals surface area (Å²) in [7, 11) is 3.11. The standard InChI is InChI=1S/C32H28O7/c1-36-24-14-21(34)16-26-28(24)23(13-10-18-8-11-20(33)12-9-18)29-31(19-6-4-3-5-7-19)38-27-17-22(35)15-25(37-2)30(27)32(29)39-26/h3-17,23,29,31-35H,1-2H3. The van der Waals surface area contributed by atoms with Crippen molar-refractivity contribution in [3.05, 3.63) is 107 Å². The van der Waals surface area contributed by atoms with Crippen LogP contribution >= 0.6 is 0 Å². The molecule has 3 N–H and O–H groups in total. The van der Waals surface area contributed by atoms with E-state index in [2.05, 4.69) is 6.08 Å². The maximum absolute atomic E-state index is 10.5. The van der Waals surface area contributed by atoms with Gasteiger partial charge in [0.2, 0.25) is 0 Å². The van der Waals surface area contributed by atoms with E-state index in [9.17, 15) is 15.3 Å². The van der Waals surface area contributed by atoms with Crippen LogP contribution in [-0.4, -0.2) is 29.5 Å². The Labute approximate surface area is 226 Å². The highest BCUT2D eigenvalue weighted by atomic mass is 16.5. The van der Waals surface area contributed by atoms with E-state index in [0.717, 1.165) is 16.7 Å². The van der Waals surface area contributed by atoms with E-state index in [1.54, 1.807) is 50.6 Å². The van der Waals surface area contributed by atoms with Crippen molar-refractivity contribution < 1.29 is 34.3 Å². The predicted molar refractivity (Wildman–Crippen MR) is 146 cm³/mol. The van der Waals surface area contributed by atoms with Crippen LogP contribution in [0.5, 0.6) is 40.2 Å². The van der Waals surface area contributed by atoms with Crippen molar-refractivity contribution in [3.8, 4) is 40.2 Å². The number of benzene rings is 4. The highest BCUT2D eigenvalue weighted by Crippen LogP contribution is 2.61. The number of fused-ring (bicyclic) bond motifs is 4. The molecule has 2 aliphatic rings. The second-order valence-electron chi connectivity index (χ2n) is 9.66. The second-order valence-corrected chi connectivity index (χ2v) is 9.66. The van der Waals surface area contributed by atoms with Crippen molar-refractivity contribution in [1.82, 2.24) is 0 Å². The molecular formula is C32H28O7. The zero-order chi connectivity index (χ0) is 27.1. The number of methoxy groups -OCH3 is 2. The first kappa shape index (κ1) is 24.6. The number of hydrogen-bond donors (Lipinski definition) is 3. The minimum Gasteiger partial charge on any atom is -0.508 e. The van der Waals surface area contributed by atoms with Gasteiger partial charge in [-0.1, -0.05) is 54.6 Å². The molecule has 2 aliphatic heterocycles. The molecule has 39 heavy (non-hydrogen) atoms. The highest BCUT2D eigenvalue weighted by Gasteiger charge is 2.50. The Balaban J connectivity index is 1.60. The van der Waals surface area contributed by atoms with Gasteiger partial charge < -0.3 is 34.3 Å². The Kier molecular flexibility index (Phi) is 6.19. The second kappa shape index (κ2) is 9.83. The first-order valence-corrected chi connectivity index (χ1v) is 12.6. The van der Waals surface area contributed by atoms with Crippen LogP contribution in [0.1, 0.15) is 40.4 Å². The molecule has 7 heteroatoms. The number of aromatic hydroxyl groups is 3. The summed E-state index contributed by atoms with van der Waals surface area (Å²) < 4.78 is 24.7. The maximum Gasteiger partial charge on any atom is 0.139 e. The van der Waals surface area contributed by atoms with Crippen LogP contribution in [-0.2, 0) is 0 Å². The van der Waals surface area contributed by atoms with Gasteiger partial charge in [-0.25, -0.2) is 0 Å². The van der Waals surface area contributed by atoms with Gasteiger partial charge in [-0.2, -0.15) is 0 Å².